The van der Waals surface area contributed by atoms with E-state index in [2.05, 4.69) is 26.9 Å². The van der Waals surface area contributed by atoms with Gasteiger partial charge >= 0.3 is 0 Å². The molecule has 2 saturated heterocycles. The molecule has 0 spiro atoms. The number of aryl methyl sites for hydroxylation is 1. The van der Waals surface area contributed by atoms with E-state index in [1.807, 2.05) is 24.0 Å². The van der Waals surface area contributed by atoms with Crippen LogP contribution >= 0.6 is 0 Å². The van der Waals surface area contributed by atoms with Crippen LogP contribution in [0.4, 0.5) is 4.39 Å². The van der Waals surface area contributed by atoms with E-state index in [9.17, 15) is 9.18 Å². The molecule has 0 radical (unpaired) electrons. The molecule has 32 heavy (non-hydrogen) atoms. The number of pyridine rings is 2. The zero-order valence-electron chi connectivity index (χ0n) is 18.0. The van der Waals surface area contributed by atoms with Crippen LogP contribution < -0.4 is 4.74 Å². The molecule has 3 aliphatic rings. The first kappa shape index (κ1) is 20.5. The summed E-state index contributed by atoms with van der Waals surface area (Å²) in [6.07, 6.45) is 6.41. The quantitative estimate of drug-likeness (QED) is 0.610. The molecule has 0 N–H and O–H groups in total. The molecule has 2 bridgehead atoms. The Balaban J connectivity index is 1.46. The van der Waals surface area contributed by atoms with E-state index in [0.717, 1.165) is 24.7 Å². The highest BCUT2D eigenvalue weighted by molar-refractivity contribution is 5.98. The fourth-order valence-electron chi connectivity index (χ4n) is 4.75. The Morgan fingerprint density at radius 3 is 2.66 bits per heavy atom. The maximum absolute atomic E-state index is 13.9. The van der Waals surface area contributed by atoms with Crippen LogP contribution in [-0.4, -0.2) is 49.4 Å². The van der Waals surface area contributed by atoms with Crippen molar-refractivity contribution in [2.75, 3.05) is 6.61 Å². The summed E-state index contributed by atoms with van der Waals surface area (Å²) in [4.78, 5) is 33.0. The molecule has 7 nitrogen and oxygen atoms in total. The highest BCUT2D eigenvalue weighted by Gasteiger charge is 2.51. The number of hydrogen-bond acceptors (Lipinski definition) is 6. The first-order valence-electron chi connectivity index (χ1n) is 10.8. The SMILES string of the molecule is Cc1ccc(-c2ncccn2)c(C(=O)N2C3CC(C3)[C@@H](C)[C@H]2COc2ccc(F)cn2)n1. The van der Waals surface area contributed by atoms with Gasteiger partial charge in [0.2, 0.25) is 5.88 Å². The third kappa shape index (κ3) is 3.70. The zero-order valence-corrected chi connectivity index (χ0v) is 18.0. The van der Waals surface area contributed by atoms with Gasteiger partial charge in [0.05, 0.1) is 17.8 Å². The van der Waals surface area contributed by atoms with Crippen LogP contribution in [0, 0.1) is 24.6 Å². The smallest absolute Gasteiger partial charge is 0.273 e. The van der Waals surface area contributed by atoms with Crippen molar-refractivity contribution in [1.29, 1.82) is 0 Å². The number of amides is 1. The van der Waals surface area contributed by atoms with Gasteiger partial charge in [0.25, 0.3) is 5.91 Å². The molecule has 2 atom stereocenters. The van der Waals surface area contributed by atoms with Crippen molar-refractivity contribution >= 4 is 5.91 Å². The van der Waals surface area contributed by atoms with Gasteiger partial charge < -0.3 is 9.64 Å². The number of carbonyl (C=O) groups excluding carboxylic acids is 1. The summed E-state index contributed by atoms with van der Waals surface area (Å²) < 4.78 is 19.1. The normalized spacial score (nSPS) is 24.0. The lowest BCUT2D eigenvalue weighted by atomic mass is 9.64. The fraction of sp³-hybridized carbons (Fsp3) is 0.375. The Kier molecular flexibility index (Phi) is 5.28. The maximum Gasteiger partial charge on any atom is 0.273 e. The van der Waals surface area contributed by atoms with Crippen LogP contribution in [-0.2, 0) is 0 Å². The number of aromatic nitrogens is 4. The zero-order chi connectivity index (χ0) is 22.2. The van der Waals surface area contributed by atoms with Crippen molar-refractivity contribution in [3.63, 3.8) is 0 Å². The third-order valence-electron chi connectivity index (χ3n) is 6.63. The van der Waals surface area contributed by atoms with Gasteiger partial charge in [0.15, 0.2) is 5.82 Å². The van der Waals surface area contributed by atoms with Gasteiger partial charge in [-0.2, -0.15) is 0 Å². The van der Waals surface area contributed by atoms with E-state index < -0.39 is 5.82 Å². The van der Waals surface area contributed by atoms with Crippen molar-refractivity contribution in [2.45, 2.75) is 38.8 Å². The molecule has 8 heteroatoms. The highest BCUT2D eigenvalue weighted by Crippen LogP contribution is 2.47. The average Bonchev–Trinajstić information content (AvgIpc) is 2.78. The van der Waals surface area contributed by atoms with Gasteiger partial charge in [-0.25, -0.2) is 24.3 Å². The summed E-state index contributed by atoms with van der Waals surface area (Å²) in [5.74, 6) is 1.11. The van der Waals surface area contributed by atoms with E-state index in [0.29, 0.717) is 35.5 Å². The van der Waals surface area contributed by atoms with Gasteiger partial charge in [-0.3, -0.25) is 4.79 Å². The van der Waals surface area contributed by atoms with E-state index in [1.54, 1.807) is 18.5 Å². The van der Waals surface area contributed by atoms with Gasteiger partial charge in [0.1, 0.15) is 18.1 Å². The second-order valence-electron chi connectivity index (χ2n) is 8.57. The highest BCUT2D eigenvalue weighted by atomic mass is 19.1. The van der Waals surface area contributed by atoms with Gasteiger partial charge in [-0.15, -0.1) is 0 Å². The van der Waals surface area contributed by atoms with E-state index in [1.165, 1.54) is 12.1 Å². The number of hydrogen-bond donors (Lipinski definition) is 0. The minimum Gasteiger partial charge on any atom is -0.475 e. The molecule has 3 aromatic heterocycles. The van der Waals surface area contributed by atoms with Crippen molar-refractivity contribution in [3.8, 4) is 17.3 Å². The van der Waals surface area contributed by atoms with Crippen LogP contribution in [0.15, 0.2) is 48.9 Å². The van der Waals surface area contributed by atoms with E-state index in [-0.39, 0.29) is 23.9 Å². The number of ether oxygens (including phenoxy) is 1. The molecular weight excluding hydrogens is 409 g/mol. The lowest BCUT2D eigenvalue weighted by molar-refractivity contribution is -0.0676. The Morgan fingerprint density at radius 2 is 1.94 bits per heavy atom. The first-order valence-corrected chi connectivity index (χ1v) is 10.8. The Hall–Kier alpha value is -3.42. The first-order chi connectivity index (χ1) is 15.5. The largest absolute Gasteiger partial charge is 0.475 e. The lowest BCUT2D eigenvalue weighted by Crippen LogP contribution is -2.64. The molecule has 2 aliphatic heterocycles. The maximum atomic E-state index is 13.9. The lowest BCUT2D eigenvalue weighted by Gasteiger charge is -2.57. The van der Waals surface area contributed by atoms with Gasteiger partial charge in [-0.05, 0) is 55.9 Å². The predicted octanol–water partition coefficient (Wildman–Crippen LogP) is 3.70. The van der Waals surface area contributed by atoms with Crippen LogP contribution in [0.3, 0.4) is 0 Å². The van der Waals surface area contributed by atoms with E-state index >= 15 is 0 Å². The summed E-state index contributed by atoms with van der Waals surface area (Å²) in [5.41, 5.74) is 1.74. The molecule has 164 valence electrons. The number of fused-ring (bicyclic) bond motifs is 2. The summed E-state index contributed by atoms with van der Waals surface area (Å²) in [6, 6.07) is 8.31. The molecule has 6 rings (SSSR count). The second kappa shape index (κ2) is 8.26. The topological polar surface area (TPSA) is 81.1 Å². The summed E-state index contributed by atoms with van der Waals surface area (Å²) in [5, 5.41) is 0. The minimum absolute atomic E-state index is 0.126. The van der Waals surface area contributed by atoms with Gasteiger partial charge in [-0.1, -0.05) is 6.92 Å². The minimum atomic E-state index is -0.414. The van der Waals surface area contributed by atoms with Crippen molar-refractivity contribution in [3.05, 3.63) is 66.1 Å². The third-order valence-corrected chi connectivity index (χ3v) is 6.63. The Bertz CT molecular complexity index is 1120. The van der Waals surface area contributed by atoms with Crippen molar-refractivity contribution in [2.24, 2.45) is 11.8 Å². The van der Waals surface area contributed by atoms with Crippen molar-refractivity contribution < 1.29 is 13.9 Å². The number of rotatable bonds is 5. The Morgan fingerprint density at radius 1 is 1.16 bits per heavy atom. The standard InChI is InChI=1S/C24H24FN5O2/c1-14-4-6-19(23-26-8-3-9-27-23)22(29-14)24(31)30-18-10-16(11-18)15(2)20(30)13-32-21-7-5-17(25)12-28-21/h3-9,12,15-16,18,20H,10-11,13H2,1-2H3/t15-,16?,18?,20-/m1/s1. The molecule has 1 aliphatic carbocycles. The Labute approximate surface area is 185 Å². The molecule has 3 aromatic rings. The molecule has 3 fully saturated rings. The molecule has 1 saturated carbocycles. The number of piperidine rings is 2. The summed E-state index contributed by atoms with van der Waals surface area (Å²) in [6.45, 7) is 4.32. The summed E-state index contributed by atoms with van der Waals surface area (Å²) in [7, 11) is 0. The monoisotopic (exact) mass is 433 g/mol. The van der Waals surface area contributed by atoms with Crippen LogP contribution in [0.5, 0.6) is 5.88 Å². The van der Waals surface area contributed by atoms with E-state index in [4.69, 9.17) is 4.74 Å². The van der Waals surface area contributed by atoms with Crippen molar-refractivity contribution in [1.82, 2.24) is 24.8 Å². The molecule has 1 amide bonds. The van der Waals surface area contributed by atoms with Crippen LogP contribution in [0.1, 0.15) is 35.9 Å². The number of nitrogens with zero attached hydrogens (tertiary/aromatic N) is 5. The van der Waals surface area contributed by atoms with Gasteiger partial charge in [0, 0.05) is 30.2 Å². The molecule has 0 unspecified atom stereocenters. The van der Waals surface area contributed by atoms with Crippen LogP contribution in [0.2, 0.25) is 0 Å². The molecule has 5 heterocycles. The number of halogens is 1. The second-order valence-corrected chi connectivity index (χ2v) is 8.57. The molecular formula is C24H24FN5O2. The predicted molar refractivity (Wildman–Crippen MR) is 115 cm³/mol. The molecule has 0 aromatic carbocycles. The number of carbonyl (C=O) groups is 1. The summed E-state index contributed by atoms with van der Waals surface area (Å²) >= 11 is 0. The van der Waals surface area contributed by atoms with Crippen LogP contribution in [0.25, 0.3) is 11.4 Å². The average molecular weight is 433 g/mol. The fourth-order valence-corrected chi connectivity index (χ4v) is 4.75.